The predicted molar refractivity (Wildman–Crippen MR) is 104 cm³/mol. The summed E-state index contributed by atoms with van der Waals surface area (Å²) in [5.74, 6) is 1.01. The number of likely N-dealkylation sites (tertiary alicyclic amines) is 1. The summed E-state index contributed by atoms with van der Waals surface area (Å²) in [6.45, 7) is 2.67. The number of carbonyl (C=O) groups is 1. The minimum absolute atomic E-state index is 0.00301. The second kappa shape index (κ2) is 6.72. The minimum atomic E-state index is 0.00301. The maximum Gasteiger partial charge on any atom is 0.266 e. The molecule has 0 saturated carbocycles. The van der Waals surface area contributed by atoms with Gasteiger partial charge in [0.2, 0.25) is 0 Å². The lowest BCUT2D eigenvalue weighted by Crippen LogP contribution is -2.39. The molecule has 26 heavy (non-hydrogen) atoms. The Morgan fingerprint density at radius 3 is 2.92 bits per heavy atom. The molecule has 136 valence electrons. The first-order valence-electron chi connectivity index (χ1n) is 8.92. The Morgan fingerprint density at radius 2 is 2.19 bits per heavy atom. The van der Waals surface area contributed by atoms with Crippen molar-refractivity contribution in [1.29, 1.82) is 0 Å². The highest BCUT2D eigenvalue weighted by atomic mass is 32.1. The van der Waals surface area contributed by atoms with E-state index in [-0.39, 0.29) is 11.9 Å². The van der Waals surface area contributed by atoms with Crippen LogP contribution < -0.4 is 4.90 Å². The van der Waals surface area contributed by atoms with Crippen molar-refractivity contribution >= 4 is 28.6 Å². The molecule has 1 atom stereocenters. The van der Waals surface area contributed by atoms with Gasteiger partial charge >= 0.3 is 0 Å². The molecule has 0 bridgehead atoms. The summed E-state index contributed by atoms with van der Waals surface area (Å²) in [6.07, 6.45) is 7.19. The lowest BCUT2D eigenvalue weighted by molar-refractivity contribution is 0.0609. The van der Waals surface area contributed by atoms with Gasteiger partial charge in [-0.3, -0.25) is 4.79 Å². The largest absolute Gasteiger partial charge is 0.361 e. The molecule has 0 N–H and O–H groups in total. The highest BCUT2D eigenvalue weighted by molar-refractivity contribution is 7.11. The number of piperidine rings is 1. The van der Waals surface area contributed by atoms with Crippen LogP contribution in [0.1, 0.15) is 46.4 Å². The Balaban J connectivity index is 1.76. The minimum Gasteiger partial charge on any atom is -0.361 e. The third-order valence-corrected chi connectivity index (χ3v) is 5.90. The molecule has 1 aliphatic rings. The van der Waals surface area contributed by atoms with E-state index in [2.05, 4.69) is 21.6 Å². The lowest BCUT2D eigenvalue weighted by Gasteiger charge is -2.35. The topological polar surface area (TPSA) is 53.7 Å². The summed E-state index contributed by atoms with van der Waals surface area (Å²) < 4.78 is 2.10. The van der Waals surface area contributed by atoms with Crippen molar-refractivity contribution in [3.05, 3.63) is 46.3 Å². The first kappa shape index (κ1) is 17.0. The smallest absolute Gasteiger partial charge is 0.266 e. The maximum absolute atomic E-state index is 13.1. The van der Waals surface area contributed by atoms with E-state index in [4.69, 9.17) is 4.98 Å². The molecular weight excluding hydrogens is 346 g/mol. The Morgan fingerprint density at radius 1 is 1.35 bits per heavy atom. The van der Waals surface area contributed by atoms with Gasteiger partial charge in [0.25, 0.3) is 5.91 Å². The van der Waals surface area contributed by atoms with E-state index in [1.54, 1.807) is 5.51 Å². The summed E-state index contributed by atoms with van der Waals surface area (Å²) in [5, 5.41) is 0. The van der Waals surface area contributed by atoms with Crippen molar-refractivity contribution < 1.29 is 4.79 Å². The van der Waals surface area contributed by atoms with Crippen LogP contribution in [0.4, 0.5) is 5.82 Å². The Hall–Kier alpha value is -2.41. The molecule has 0 spiro atoms. The second-order valence-electron chi connectivity index (χ2n) is 6.96. The molecule has 1 fully saturated rings. The standard InChI is InChI=1S/C19H23N5OS/c1-13-17(26-12-20-13)19(25)24-10-5-4-7-15(24)14-11-23-9-6-8-16(23)18(21-14)22(2)3/h6,8-9,11-12,15H,4-5,7,10H2,1-3H3/t15-/m1/s1. The number of amides is 1. The summed E-state index contributed by atoms with van der Waals surface area (Å²) >= 11 is 1.42. The van der Waals surface area contributed by atoms with Crippen LogP contribution >= 0.6 is 11.3 Å². The Labute approximate surface area is 157 Å². The highest BCUT2D eigenvalue weighted by Gasteiger charge is 2.32. The van der Waals surface area contributed by atoms with Crippen molar-refractivity contribution in [3.63, 3.8) is 0 Å². The van der Waals surface area contributed by atoms with Gasteiger partial charge in [0.05, 0.1) is 28.5 Å². The molecule has 6 nitrogen and oxygen atoms in total. The number of anilines is 1. The Kier molecular flexibility index (Phi) is 4.40. The third kappa shape index (κ3) is 2.86. The van der Waals surface area contributed by atoms with Crippen molar-refractivity contribution in [2.75, 3.05) is 25.5 Å². The van der Waals surface area contributed by atoms with Crippen molar-refractivity contribution in [1.82, 2.24) is 19.3 Å². The molecular formula is C19H23N5OS. The van der Waals surface area contributed by atoms with Gasteiger partial charge in [0.1, 0.15) is 4.88 Å². The molecule has 1 amide bonds. The van der Waals surface area contributed by atoms with Gasteiger partial charge in [-0.2, -0.15) is 0 Å². The maximum atomic E-state index is 13.1. The van der Waals surface area contributed by atoms with E-state index in [0.717, 1.165) is 53.4 Å². The predicted octanol–water partition coefficient (Wildman–Crippen LogP) is 3.53. The fourth-order valence-electron chi connectivity index (χ4n) is 3.66. The van der Waals surface area contributed by atoms with Crippen LogP contribution in [0.25, 0.3) is 5.52 Å². The van der Waals surface area contributed by atoms with Crippen LogP contribution in [0, 0.1) is 6.92 Å². The number of aromatic nitrogens is 3. The van der Waals surface area contributed by atoms with E-state index < -0.39 is 0 Å². The molecule has 3 aromatic rings. The SMILES string of the molecule is Cc1ncsc1C(=O)N1CCCC[C@@H]1c1cn2cccc2c(N(C)C)n1. The first-order valence-corrected chi connectivity index (χ1v) is 9.80. The average molecular weight is 369 g/mol. The van der Waals surface area contributed by atoms with Gasteiger partial charge in [-0.1, -0.05) is 0 Å². The zero-order valence-corrected chi connectivity index (χ0v) is 16.2. The zero-order chi connectivity index (χ0) is 18.3. The molecule has 0 aliphatic carbocycles. The van der Waals surface area contributed by atoms with E-state index in [1.165, 1.54) is 11.3 Å². The van der Waals surface area contributed by atoms with Crippen LogP contribution in [-0.2, 0) is 0 Å². The van der Waals surface area contributed by atoms with Gasteiger partial charge in [-0.05, 0) is 38.3 Å². The third-order valence-electron chi connectivity index (χ3n) is 4.98. The van der Waals surface area contributed by atoms with Crippen LogP contribution in [0.3, 0.4) is 0 Å². The van der Waals surface area contributed by atoms with Crippen LogP contribution in [0.15, 0.2) is 30.0 Å². The summed E-state index contributed by atoms with van der Waals surface area (Å²) in [5.41, 5.74) is 4.58. The zero-order valence-electron chi connectivity index (χ0n) is 15.3. The molecule has 4 rings (SSSR count). The summed E-state index contributed by atoms with van der Waals surface area (Å²) in [7, 11) is 4.01. The fraction of sp³-hybridized carbons (Fsp3) is 0.421. The molecule has 0 unspecified atom stereocenters. The van der Waals surface area contributed by atoms with Crippen LogP contribution in [-0.4, -0.2) is 45.8 Å². The van der Waals surface area contributed by atoms with Gasteiger partial charge < -0.3 is 14.2 Å². The van der Waals surface area contributed by atoms with E-state index in [1.807, 2.05) is 43.1 Å². The monoisotopic (exact) mass is 369 g/mol. The normalized spacial score (nSPS) is 17.7. The number of carbonyl (C=O) groups excluding carboxylic acids is 1. The molecule has 1 saturated heterocycles. The van der Waals surface area contributed by atoms with Crippen molar-refractivity contribution in [2.24, 2.45) is 0 Å². The first-order chi connectivity index (χ1) is 12.6. The number of fused-ring (bicyclic) bond motifs is 1. The van der Waals surface area contributed by atoms with Crippen molar-refractivity contribution in [2.45, 2.75) is 32.2 Å². The van der Waals surface area contributed by atoms with Crippen LogP contribution in [0.2, 0.25) is 0 Å². The molecule has 0 radical (unpaired) electrons. The van der Waals surface area contributed by atoms with Gasteiger partial charge in [-0.15, -0.1) is 11.3 Å². The number of aryl methyl sites for hydroxylation is 1. The van der Waals surface area contributed by atoms with E-state index >= 15 is 0 Å². The van der Waals surface area contributed by atoms with Gasteiger partial charge in [0.15, 0.2) is 5.82 Å². The lowest BCUT2D eigenvalue weighted by atomic mass is 9.99. The van der Waals surface area contributed by atoms with Crippen LogP contribution in [0.5, 0.6) is 0 Å². The molecule has 0 aromatic carbocycles. The average Bonchev–Trinajstić information content (AvgIpc) is 3.28. The molecule has 1 aliphatic heterocycles. The number of hydrogen-bond acceptors (Lipinski definition) is 5. The van der Waals surface area contributed by atoms with Crippen molar-refractivity contribution in [3.8, 4) is 0 Å². The van der Waals surface area contributed by atoms with E-state index in [9.17, 15) is 4.79 Å². The number of rotatable bonds is 3. The highest BCUT2D eigenvalue weighted by Crippen LogP contribution is 2.34. The number of hydrogen-bond donors (Lipinski definition) is 0. The molecule has 3 aromatic heterocycles. The van der Waals surface area contributed by atoms with E-state index in [0.29, 0.717) is 0 Å². The molecule has 4 heterocycles. The quantitative estimate of drug-likeness (QED) is 0.709. The summed E-state index contributed by atoms with van der Waals surface area (Å²) in [4.78, 5) is 27.1. The van der Waals surface area contributed by atoms with Gasteiger partial charge in [-0.25, -0.2) is 9.97 Å². The second-order valence-corrected chi connectivity index (χ2v) is 7.82. The fourth-order valence-corrected chi connectivity index (χ4v) is 4.41. The summed E-state index contributed by atoms with van der Waals surface area (Å²) in [6, 6.07) is 4.10. The Bertz CT molecular complexity index is 944. The van der Waals surface area contributed by atoms with Gasteiger partial charge in [0, 0.05) is 33.0 Å². The number of nitrogens with zero attached hydrogens (tertiary/aromatic N) is 5. The number of thiazole rings is 1. The molecule has 7 heteroatoms.